The molecule has 3 atom stereocenters. The van der Waals surface area contributed by atoms with Gasteiger partial charge in [-0.1, -0.05) is 58.9 Å². The maximum absolute atomic E-state index is 11.7. The van der Waals surface area contributed by atoms with Crippen molar-refractivity contribution in [3.05, 3.63) is 57.8 Å². The molecule has 34 heavy (non-hydrogen) atoms. The van der Waals surface area contributed by atoms with Crippen molar-refractivity contribution in [2.75, 3.05) is 0 Å². The van der Waals surface area contributed by atoms with Gasteiger partial charge in [0.15, 0.2) is 6.29 Å². The van der Waals surface area contributed by atoms with Crippen LogP contribution in [0, 0.1) is 5.92 Å². The highest BCUT2D eigenvalue weighted by Crippen LogP contribution is 2.53. The zero-order valence-corrected chi connectivity index (χ0v) is 23.4. The van der Waals surface area contributed by atoms with Gasteiger partial charge in [0.05, 0.1) is 4.88 Å². The summed E-state index contributed by atoms with van der Waals surface area (Å²) < 4.78 is 0. The summed E-state index contributed by atoms with van der Waals surface area (Å²) in [6, 6.07) is 13.7. The van der Waals surface area contributed by atoms with Gasteiger partial charge in [0.25, 0.3) is 0 Å². The predicted molar refractivity (Wildman–Crippen MR) is 153 cm³/mol. The van der Waals surface area contributed by atoms with Gasteiger partial charge in [0, 0.05) is 29.3 Å². The van der Waals surface area contributed by atoms with E-state index in [4.69, 9.17) is 0 Å². The van der Waals surface area contributed by atoms with Crippen molar-refractivity contribution in [3.63, 3.8) is 0 Å². The Balaban J connectivity index is 1.62. The topological polar surface area (TPSA) is 17.1 Å². The van der Waals surface area contributed by atoms with Crippen molar-refractivity contribution in [1.82, 2.24) is 0 Å². The van der Waals surface area contributed by atoms with Crippen molar-refractivity contribution in [3.8, 4) is 29.3 Å². The molecule has 178 valence electrons. The molecule has 1 aliphatic rings. The monoisotopic (exact) mass is 524 g/mol. The van der Waals surface area contributed by atoms with Crippen molar-refractivity contribution in [1.29, 1.82) is 0 Å². The molecule has 5 rings (SSSR count). The Hall–Kier alpha value is -1.53. The largest absolute Gasteiger partial charge is 0.297 e. The van der Waals surface area contributed by atoms with Gasteiger partial charge in [-0.3, -0.25) is 4.79 Å². The summed E-state index contributed by atoms with van der Waals surface area (Å²) in [5, 5.41) is 2.18. The van der Waals surface area contributed by atoms with Gasteiger partial charge in [0.2, 0.25) is 0 Å². The summed E-state index contributed by atoms with van der Waals surface area (Å²) in [6.07, 6.45) is 8.85. The molecule has 1 aliphatic heterocycles. The molecule has 0 radical (unpaired) electrons. The van der Waals surface area contributed by atoms with Crippen molar-refractivity contribution < 1.29 is 4.79 Å². The normalized spacial score (nSPS) is 19.6. The molecule has 0 amide bonds. The molecule has 1 nitrogen and oxygen atoms in total. The average Bonchev–Trinajstić information content (AvgIpc) is 3.64. The van der Waals surface area contributed by atoms with E-state index >= 15 is 0 Å². The van der Waals surface area contributed by atoms with Crippen LogP contribution in [0.25, 0.3) is 29.3 Å². The SMILES string of the molecule is CCCCCCCC1c2cc(-c3cccs3)sc2-c2ccc(s2)-c2sc(C=O)cc2C(C)C1C. The van der Waals surface area contributed by atoms with Crippen molar-refractivity contribution in [2.45, 2.75) is 71.1 Å². The Labute approximate surface area is 219 Å². The Morgan fingerprint density at radius 2 is 1.59 bits per heavy atom. The van der Waals surface area contributed by atoms with E-state index in [-0.39, 0.29) is 0 Å². The highest BCUT2D eigenvalue weighted by molar-refractivity contribution is 7.28. The number of hydrogen-bond acceptors (Lipinski definition) is 5. The maximum Gasteiger partial charge on any atom is 0.160 e. The van der Waals surface area contributed by atoms with Crippen LogP contribution in [0.3, 0.4) is 0 Å². The fraction of sp³-hybridized carbons (Fsp3) is 0.414. The first-order valence-electron chi connectivity index (χ1n) is 12.5. The summed E-state index contributed by atoms with van der Waals surface area (Å²) in [7, 11) is 0. The minimum absolute atomic E-state index is 0.405. The average molecular weight is 525 g/mol. The Kier molecular flexibility index (Phi) is 7.55. The van der Waals surface area contributed by atoms with Gasteiger partial charge in [-0.25, -0.2) is 0 Å². The molecule has 0 fully saturated rings. The predicted octanol–water partition coefficient (Wildman–Crippen LogP) is 10.9. The van der Waals surface area contributed by atoms with E-state index in [1.165, 1.54) is 73.4 Å². The maximum atomic E-state index is 11.7. The van der Waals surface area contributed by atoms with Gasteiger partial charge in [-0.05, 0) is 71.0 Å². The second-order valence-corrected chi connectivity index (χ2v) is 13.7. The van der Waals surface area contributed by atoms with Crippen LogP contribution in [0.1, 0.15) is 91.9 Å². The molecule has 2 bridgehead atoms. The summed E-state index contributed by atoms with van der Waals surface area (Å²) in [5.74, 6) is 1.43. The van der Waals surface area contributed by atoms with Crippen LogP contribution in [0.4, 0.5) is 0 Å². The molecular formula is C29H32OS4. The fourth-order valence-corrected chi connectivity index (χ4v) is 9.72. The summed E-state index contributed by atoms with van der Waals surface area (Å²) in [5.41, 5.74) is 2.91. The minimum Gasteiger partial charge on any atom is -0.297 e. The van der Waals surface area contributed by atoms with Gasteiger partial charge < -0.3 is 0 Å². The van der Waals surface area contributed by atoms with Crippen LogP contribution in [0.5, 0.6) is 0 Å². The second-order valence-electron chi connectivity index (χ2n) is 9.54. The number of aldehydes is 1. The first kappa shape index (κ1) is 24.2. The quantitative estimate of drug-likeness (QED) is 0.165. The van der Waals surface area contributed by atoms with Crippen molar-refractivity contribution >= 4 is 51.6 Å². The number of carbonyl (C=O) groups excluding carboxylic acids is 1. The zero-order valence-electron chi connectivity index (χ0n) is 20.1. The molecular weight excluding hydrogens is 493 g/mol. The van der Waals surface area contributed by atoms with E-state index in [2.05, 4.69) is 62.5 Å². The van der Waals surface area contributed by atoms with Crippen LogP contribution < -0.4 is 0 Å². The molecule has 0 saturated heterocycles. The molecule has 3 unspecified atom stereocenters. The van der Waals surface area contributed by atoms with Gasteiger partial charge in [-0.2, -0.15) is 0 Å². The lowest BCUT2D eigenvalue weighted by Crippen LogP contribution is -2.17. The standard InChI is InChI=1S/C29H32OS4/c1-4-5-6-7-8-10-21-18(2)19(3)22-15-20(17-30)32-28(22)25-12-13-26(33-25)29-23(21)16-27(34-29)24-11-9-14-31-24/h9,11-19,21H,4-8,10H2,1-3H3. The molecule has 4 aromatic rings. The van der Waals surface area contributed by atoms with E-state index in [1.807, 2.05) is 34.0 Å². The van der Waals surface area contributed by atoms with E-state index in [0.29, 0.717) is 17.8 Å². The smallest absolute Gasteiger partial charge is 0.160 e. The number of fused-ring (bicyclic) bond motifs is 6. The molecule has 0 N–H and O–H groups in total. The number of hydrogen-bond donors (Lipinski definition) is 0. The molecule has 5 heteroatoms. The first-order valence-corrected chi connectivity index (χ1v) is 15.8. The number of thiophene rings is 4. The highest BCUT2D eigenvalue weighted by atomic mass is 32.1. The minimum atomic E-state index is 0.405. The van der Waals surface area contributed by atoms with E-state index in [0.717, 1.165) is 11.2 Å². The third kappa shape index (κ3) is 4.65. The van der Waals surface area contributed by atoms with E-state index < -0.39 is 0 Å². The molecule has 0 aliphatic carbocycles. The van der Waals surface area contributed by atoms with Crippen LogP contribution >= 0.6 is 45.3 Å². The Morgan fingerprint density at radius 1 is 0.824 bits per heavy atom. The third-order valence-corrected chi connectivity index (χ3v) is 12.1. The van der Waals surface area contributed by atoms with Gasteiger partial charge >= 0.3 is 0 Å². The number of unbranched alkanes of at least 4 members (excludes halogenated alkanes) is 4. The summed E-state index contributed by atoms with van der Waals surface area (Å²) in [6.45, 7) is 7.13. The molecule has 4 aromatic heterocycles. The molecule has 5 heterocycles. The first-order chi connectivity index (χ1) is 16.6. The molecule has 0 aromatic carbocycles. The summed E-state index contributed by atoms with van der Waals surface area (Å²) >= 11 is 7.38. The van der Waals surface area contributed by atoms with Crippen LogP contribution in [0.15, 0.2) is 41.8 Å². The lowest BCUT2D eigenvalue weighted by molar-refractivity contribution is 0.112. The van der Waals surface area contributed by atoms with Gasteiger partial charge in [-0.15, -0.1) is 45.3 Å². The van der Waals surface area contributed by atoms with Crippen LogP contribution in [0.2, 0.25) is 0 Å². The highest BCUT2D eigenvalue weighted by Gasteiger charge is 2.32. The zero-order chi connectivity index (χ0) is 23.7. The third-order valence-electron chi connectivity index (χ3n) is 7.41. The number of rotatable bonds is 8. The lowest BCUT2D eigenvalue weighted by atomic mass is 9.74. The Bertz CT molecular complexity index is 1240. The molecule has 0 spiro atoms. The Morgan fingerprint density at radius 3 is 2.29 bits per heavy atom. The summed E-state index contributed by atoms with van der Waals surface area (Å²) in [4.78, 5) is 20.8. The van der Waals surface area contributed by atoms with Crippen molar-refractivity contribution in [2.24, 2.45) is 5.92 Å². The lowest BCUT2D eigenvalue weighted by Gasteiger charge is -2.30. The van der Waals surface area contributed by atoms with E-state index in [9.17, 15) is 4.79 Å². The number of carbonyl (C=O) groups is 1. The molecule has 0 saturated carbocycles. The van der Waals surface area contributed by atoms with Crippen LogP contribution in [-0.2, 0) is 0 Å². The second kappa shape index (κ2) is 10.6. The van der Waals surface area contributed by atoms with Gasteiger partial charge in [0.1, 0.15) is 0 Å². The van der Waals surface area contributed by atoms with E-state index in [1.54, 1.807) is 16.9 Å². The fourth-order valence-electron chi connectivity index (χ4n) is 5.31. The van der Waals surface area contributed by atoms with Crippen LogP contribution in [-0.4, -0.2) is 6.29 Å².